The van der Waals surface area contributed by atoms with Gasteiger partial charge in [-0.15, -0.1) is 0 Å². The maximum Gasteiger partial charge on any atom is 0.136 e. The molecule has 4 rings (SSSR count). The Morgan fingerprint density at radius 1 is 1.17 bits per heavy atom. The molecule has 1 aromatic carbocycles. The van der Waals surface area contributed by atoms with E-state index in [-0.39, 0.29) is 5.92 Å². The number of anilines is 1. The predicted molar refractivity (Wildman–Crippen MR) is 112 cm³/mol. The highest BCUT2D eigenvalue weighted by Crippen LogP contribution is 2.31. The lowest BCUT2D eigenvalue weighted by molar-refractivity contribution is 0.122. The Bertz CT molecular complexity index is 865. The fraction of sp³-hybridized carbons (Fsp3) is 0.545. The third kappa shape index (κ3) is 4.31. The van der Waals surface area contributed by atoms with Gasteiger partial charge < -0.3 is 19.5 Å². The molecule has 1 N–H and O–H groups in total. The summed E-state index contributed by atoms with van der Waals surface area (Å²) in [5.74, 6) is 3.32. The van der Waals surface area contributed by atoms with Crippen LogP contribution in [0.25, 0.3) is 0 Å². The van der Waals surface area contributed by atoms with Crippen LogP contribution >= 0.6 is 0 Å². The number of phenolic OH excluding ortho intramolecular Hbond substituents is 1. The van der Waals surface area contributed by atoms with Gasteiger partial charge in [0, 0.05) is 49.8 Å². The molecule has 7 heteroatoms. The Balaban J connectivity index is 1.60. The minimum Gasteiger partial charge on any atom is -0.508 e. The number of rotatable bonds is 5. The quantitative estimate of drug-likeness (QED) is 0.830. The molecular weight excluding hydrogens is 368 g/mol. The first-order valence-corrected chi connectivity index (χ1v) is 10.4. The Kier molecular flexibility index (Phi) is 5.87. The van der Waals surface area contributed by atoms with Crippen molar-refractivity contribution >= 4 is 5.82 Å². The number of methoxy groups -OCH3 is 1. The van der Waals surface area contributed by atoms with E-state index >= 15 is 0 Å². The Labute approximate surface area is 172 Å². The molecule has 0 bridgehead atoms. The second-order valence-electron chi connectivity index (χ2n) is 8.04. The van der Waals surface area contributed by atoms with E-state index in [1.54, 1.807) is 19.2 Å². The molecule has 0 saturated carbocycles. The molecule has 2 aliphatic heterocycles. The zero-order valence-electron chi connectivity index (χ0n) is 17.5. The molecule has 1 saturated heterocycles. The van der Waals surface area contributed by atoms with E-state index in [1.807, 2.05) is 6.07 Å². The average molecular weight is 399 g/mol. The number of phenols is 1. The SMILES string of the molecule is COc1ccc(O)c(CN2CCc3c(nc(C(C)C)nc3N3CCOCC3)C2)c1. The van der Waals surface area contributed by atoms with Crippen LogP contribution < -0.4 is 9.64 Å². The van der Waals surface area contributed by atoms with Gasteiger partial charge in [0.15, 0.2) is 0 Å². The number of nitrogens with zero attached hydrogens (tertiary/aromatic N) is 4. The first-order chi connectivity index (χ1) is 14.0. The summed E-state index contributed by atoms with van der Waals surface area (Å²) in [6.45, 7) is 9.85. The largest absolute Gasteiger partial charge is 0.508 e. The zero-order valence-corrected chi connectivity index (χ0v) is 17.5. The van der Waals surface area contributed by atoms with E-state index in [0.29, 0.717) is 12.3 Å². The molecule has 0 spiro atoms. The molecule has 2 aromatic rings. The van der Waals surface area contributed by atoms with Gasteiger partial charge in [0.2, 0.25) is 0 Å². The lowest BCUT2D eigenvalue weighted by Crippen LogP contribution is -2.39. The molecule has 3 heterocycles. The summed E-state index contributed by atoms with van der Waals surface area (Å²) in [7, 11) is 1.64. The number of hydrogen-bond acceptors (Lipinski definition) is 7. The summed E-state index contributed by atoms with van der Waals surface area (Å²) in [5, 5.41) is 10.3. The van der Waals surface area contributed by atoms with Crippen LogP contribution in [0.5, 0.6) is 11.5 Å². The number of ether oxygens (including phenoxy) is 2. The molecule has 2 aliphatic rings. The summed E-state index contributed by atoms with van der Waals surface area (Å²) >= 11 is 0. The van der Waals surface area contributed by atoms with Crippen molar-refractivity contribution in [3.63, 3.8) is 0 Å². The van der Waals surface area contributed by atoms with Crippen LogP contribution in [-0.4, -0.2) is 59.9 Å². The maximum absolute atomic E-state index is 10.3. The van der Waals surface area contributed by atoms with Gasteiger partial charge in [0.25, 0.3) is 0 Å². The van der Waals surface area contributed by atoms with E-state index in [9.17, 15) is 5.11 Å². The molecule has 0 atom stereocenters. The molecule has 0 amide bonds. The molecule has 0 unspecified atom stereocenters. The van der Waals surface area contributed by atoms with Crippen molar-refractivity contribution < 1.29 is 14.6 Å². The second kappa shape index (κ2) is 8.55. The van der Waals surface area contributed by atoms with E-state index in [0.717, 1.165) is 74.5 Å². The van der Waals surface area contributed by atoms with Crippen LogP contribution in [0.2, 0.25) is 0 Å². The number of fused-ring (bicyclic) bond motifs is 1. The van der Waals surface area contributed by atoms with Gasteiger partial charge in [-0.05, 0) is 24.6 Å². The van der Waals surface area contributed by atoms with Crippen molar-refractivity contribution in [3.05, 3.63) is 40.8 Å². The molecule has 0 aliphatic carbocycles. The summed E-state index contributed by atoms with van der Waals surface area (Å²) in [5.41, 5.74) is 3.25. The van der Waals surface area contributed by atoms with Gasteiger partial charge in [-0.2, -0.15) is 0 Å². The smallest absolute Gasteiger partial charge is 0.136 e. The normalized spacial score (nSPS) is 17.4. The van der Waals surface area contributed by atoms with Crippen LogP contribution in [0.3, 0.4) is 0 Å². The lowest BCUT2D eigenvalue weighted by Gasteiger charge is -2.34. The minimum atomic E-state index is 0.276. The van der Waals surface area contributed by atoms with Crippen molar-refractivity contribution in [1.29, 1.82) is 0 Å². The van der Waals surface area contributed by atoms with Gasteiger partial charge in [-0.25, -0.2) is 9.97 Å². The van der Waals surface area contributed by atoms with Crippen molar-refractivity contribution in [1.82, 2.24) is 14.9 Å². The van der Waals surface area contributed by atoms with Crippen LogP contribution in [0.4, 0.5) is 5.82 Å². The molecule has 1 aromatic heterocycles. The monoisotopic (exact) mass is 398 g/mol. The van der Waals surface area contributed by atoms with E-state index in [1.165, 1.54) is 5.56 Å². The lowest BCUT2D eigenvalue weighted by atomic mass is 10.0. The van der Waals surface area contributed by atoms with Crippen LogP contribution in [-0.2, 0) is 24.2 Å². The van der Waals surface area contributed by atoms with Crippen LogP contribution in [0.15, 0.2) is 18.2 Å². The highest BCUT2D eigenvalue weighted by molar-refractivity contribution is 5.51. The third-order valence-electron chi connectivity index (χ3n) is 5.65. The minimum absolute atomic E-state index is 0.276. The van der Waals surface area contributed by atoms with E-state index in [4.69, 9.17) is 19.4 Å². The van der Waals surface area contributed by atoms with Gasteiger partial charge in [0.05, 0.1) is 26.0 Å². The topological polar surface area (TPSA) is 71.0 Å². The van der Waals surface area contributed by atoms with Crippen LogP contribution in [0, 0.1) is 0 Å². The van der Waals surface area contributed by atoms with Gasteiger partial charge >= 0.3 is 0 Å². The molecule has 1 fully saturated rings. The zero-order chi connectivity index (χ0) is 20.4. The highest BCUT2D eigenvalue weighted by atomic mass is 16.5. The van der Waals surface area contributed by atoms with E-state index in [2.05, 4.69) is 23.6 Å². The van der Waals surface area contributed by atoms with Crippen molar-refractivity contribution in [3.8, 4) is 11.5 Å². The number of benzene rings is 1. The van der Waals surface area contributed by atoms with Crippen LogP contribution in [0.1, 0.15) is 42.4 Å². The highest BCUT2D eigenvalue weighted by Gasteiger charge is 2.27. The summed E-state index contributed by atoms with van der Waals surface area (Å²) in [6, 6.07) is 5.38. The number of hydrogen-bond donors (Lipinski definition) is 1. The van der Waals surface area contributed by atoms with Gasteiger partial charge in [0.1, 0.15) is 23.1 Å². The average Bonchev–Trinajstić information content (AvgIpc) is 2.75. The Morgan fingerprint density at radius 2 is 1.97 bits per heavy atom. The summed E-state index contributed by atoms with van der Waals surface area (Å²) in [4.78, 5) is 14.5. The Morgan fingerprint density at radius 3 is 2.69 bits per heavy atom. The maximum atomic E-state index is 10.3. The summed E-state index contributed by atoms with van der Waals surface area (Å²) in [6.07, 6.45) is 0.908. The van der Waals surface area contributed by atoms with Gasteiger partial charge in [-0.1, -0.05) is 13.8 Å². The number of aromatic hydroxyl groups is 1. The molecule has 0 radical (unpaired) electrons. The van der Waals surface area contributed by atoms with Gasteiger partial charge in [-0.3, -0.25) is 4.90 Å². The fourth-order valence-electron chi connectivity index (χ4n) is 3.97. The molecule has 29 heavy (non-hydrogen) atoms. The molecule has 7 nitrogen and oxygen atoms in total. The van der Waals surface area contributed by atoms with E-state index < -0.39 is 0 Å². The first kappa shape index (κ1) is 19.9. The number of morpholine rings is 1. The standard InChI is InChI=1S/C22H30N4O3/c1-15(2)21-23-19-14-25(13-16-12-17(28-3)4-5-20(16)27)7-6-18(19)22(24-21)26-8-10-29-11-9-26/h4-5,12,15,27H,6-11,13-14H2,1-3H3. The molecule has 156 valence electrons. The van der Waals surface area contributed by atoms with Crippen molar-refractivity contribution in [2.24, 2.45) is 0 Å². The van der Waals surface area contributed by atoms with Crippen molar-refractivity contribution in [2.45, 2.75) is 39.3 Å². The third-order valence-corrected chi connectivity index (χ3v) is 5.65. The molecular formula is C22H30N4O3. The summed E-state index contributed by atoms with van der Waals surface area (Å²) < 4.78 is 10.8. The first-order valence-electron chi connectivity index (χ1n) is 10.4. The second-order valence-corrected chi connectivity index (χ2v) is 8.04. The predicted octanol–water partition coefficient (Wildman–Crippen LogP) is 2.71. The number of aromatic nitrogens is 2. The van der Waals surface area contributed by atoms with Crippen molar-refractivity contribution in [2.75, 3.05) is 44.9 Å². The Hall–Kier alpha value is -2.38. The fourth-order valence-corrected chi connectivity index (χ4v) is 3.97.